The molecule has 19 heavy (non-hydrogen) atoms. The molecule has 0 aliphatic rings. The second-order valence-corrected chi connectivity index (χ2v) is 4.13. The van der Waals surface area contributed by atoms with Gasteiger partial charge in [0.2, 0.25) is 0 Å². The number of nitrogens with zero attached hydrogens (tertiary/aromatic N) is 1. The first-order valence-electron chi connectivity index (χ1n) is 5.30. The number of halogens is 2. The molecule has 1 N–H and O–H groups in total. The molecule has 0 atom stereocenters. The molecule has 2 aromatic carbocycles. The smallest absolute Gasteiger partial charge is 0.142 e. The summed E-state index contributed by atoms with van der Waals surface area (Å²) in [6.45, 7) is 0. The van der Waals surface area contributed by atoms with Gasteiger partial charge in [-0.25, -0.2) is 4.39 Å². The lowest BCUT2D eigenvalue weighted by Gasteiger charge is -1.97. The number of phenolic OH excluding ortho intramolecular Hbond substituents is 1. The Labute approximate surface area is 114 Å². The fourth-order valence-electron chi connectivity index (χ4n) is 1.43. The highest BCUT2D eigenvalue weighted by atomic mass is 35.5. The molecule has 4 heteroatoms. The number of phenols is 1. The lowest BCUT2D eigenvalue weighted by atomic mass is 10.1. The van der Waals surface area contributed by atoms with E-state index in [2.05, 4.69) is 11.8 Å². The lowest BCUT2D eigenvalue weighted by molar-refractivity contribution is 0.469. The van der Waals surface area contributed by atoms with Gasteiger partial charge in [0.05, 0.1) is 22.2 Å². The van der Waals surface area contributed by atoms with Crippen molar-refractivity contribution in [3.63, 3.8) is 0 Å². The van der Waals surface area contributed by atoms with Gasteiger partial charge in [-0.15, -0.1) is 0 Å². The van der Waals surface area contributed by atoms with Crippen molar-refractivity contribution in [1.82, 2.24) is 0 Å². The van der Waals surface area contributed by atoms with Gasteiger partial charge >= 0.3 is 0 Å². The van der Waals surface area contributed by atoms with Crippen LogP contribution in [-0.4, -0.2) is 5.11 Å². The Morgan fingerprint density at radius 1 is 1.05 bits per heavy atom. The van der Waals surface area contributed by atoms with E-state index >= 15 is 0 Å². The monoisotopic (exact) mass is 271 g/mol. The van der Waals surface area contributed by atoms with Gasteiger partial charge in [0.1, 0.15) is 11.6 Å². The fraction of sp³-hybridized carbons (Fsp3) is 0. The number of hydrogen-bond donors (Lipinski definition) is 1. The minimum atomic E-state index is -0.600. The molecule has 0 bridgehead atoms. The fourth-order valence-corrected chi connectivity index (χ4v) is 1.65. The highest BCUT2D eigenvalue weighted by Gasteiger charge is 2.01. The third-order valence-corrected chi connectivity index (χ3v) is 2.70. The van der Waals surface area contributed by atoms with Crippen LogP contribution in [0.3, 0.4) is 0 Å². The molecular formula is C15H7ClFNO. The molecule has 0 aliphatic carbocycles. The summed E-state index contributed by atoms with van der Waals surface area (Å²) in [6.07, 6.45) is 0. The number of hydrogen-bond acceptors (Lipinski definition) is 2. The van der Waals surface area contributed by atoms with Gasteiger partial charge in [0, 0.05) is 11.6 Å². The zero-order valence-electron chi connectivity index (χ0n) is 9.61. The SMILES string of the molecule is N#Cc1ccc(C#Cc2ccc(O)cc2F)c(Cl)c1. The molecule has 0 amide bonds. The summed E-state index contributed by atoms with van der Waals surface area (Å²) >= 11 is 5.95. The average molecular weight is 272 g/mol. The molecule has 0 fully saturated rings. The summed E-state index contributed by atoms with van der Waals surface area (Å²) in [4.78, 5) is 0. The van der Waals surface area contributed by atoms with Crippen LogP contribution in [0.15, 0.2) is 36.4 Å². The third kappa shape index (κ3) is 3.04. The van der Waals surface area contributed by atoms with Gasteiger partial charge in [-0.2, -0.15) is 5.26 Å². The van der Waals surface area contributed by atoms with E-state index in [9.17, 15) is 4.39 Å². The van der Waals surface area contributed by atoms with Crippen LogP contribution in [0.1, 0.15) is 16.7 Å². The summed E-state index contributed by atoms with van der Waals surface area (Å²) in [5.41, 5.74) is 1.11. The minimum Gasteiger partial charge on any atom is -0.508 e. The first-order chi connectivity index (χ1) is 9.10. The van der Waals surface area contributed by atoms with E-state index in [0.717, 1.165) is 6.07 Å². The van der Waals surface area contributed by atoms with E-state index in [4.69, 9.17) is 22.0 Å². The van der Waals surface area contributed by atoms with Crippen LogP contribution in [0.4, 0.5) is 4.39 Å². The number of rotatable bonds is 0. The van der Waals surface area contributed by atoms with Crippen LogP contribution in [0.5, 0.6) is 5.75 Å². The van der Waals surface area contributed by atoms with Crippen molar-refractivity contribution in [2.75, 3.05) is 0 Å². The Kier molecular flexibility index (Phi) is 3.71. The largest absolute Gasteiger partial charge is 0.508 e. The molecule has 0 radical (unpaired) electrons. The quantitative estimate of drug-likeness (QED) is 0.746. The molecule has 0 aromatic heterocycles. The van der Waals surface area contributed by atoms with Crippen LogP contribution < -0.4 is 0 Å². The van der Waals surface area contributed by atoms with Gasteiger partial charge in [0.15, 0.2) is 0 Å². The second-order valence-electron chi connectivity index (χ2n) is 3.72. The van der Waals surface area contributed by atoms with Gasteiger partial charge in [-0.05, 0) is 30.3 Å². The summed E-state index contributed by atoms with van der Waals surface area (Å²) in [5, 5.41) is 18.1. The van der Waals surface area contributed by atoms with E-state index < -0.39 is 5.82 Å². The van der Waals surface area contributed by atoms with E-state index in [-0.39, 0.29) is 11.3 Å². The molecule has 2 rings (SSSR count). The topological polar surface area (TPSA) is 44.0 Å². The highest BCUT2D eigenvalue weighted by molar-refractivity contribution is 6.31. The summed E-state index contributed by atoms with van der Waals surface area (Å²) < 4.78 is 13.4. The highest BCUT2D eigenvalue weighted by Crippen LogP contribution is 2.18. The van der Waals surface area contributed by atoms with E-state index in [0.29, 0.717) is 16.1 Å². The van der Waals surface area contributed by atoms with Crippen molar-refractivity contribution in [3.8, 4) is 23.7 Å². The number of benzene rings is 2. The maximum absolute atomic E-state index is 13.4. The van der Waals surface area contributed by atoms with Crippen LogP contribution in [0.2, 0.25) is 5.02 Å². The zero-order valence-corrected chi connectivity index (χ0v) is 10.4. The van der Waals surface area contributed by atoms with Crippen LogP contribution in [0.25, 0.3) is 0 Å². The lowest BCUT2D eigenvalue weighted by Crippen LogP contribution is -1.84. The molecule has 92 valence electrons. The molecule has 0 saturated carbocycles. The second kappa shape index (κ2) is 5.44. The maximum Gasteiger partial charge on any atom is 0.142 e. The summed E-state index contributed by atoms with van der Waals surface area (Å²) in [7, 11) is 0. The van der Waals surface area contributed by atoms with Crippen molar-refractivity contribution in [3.05, 3.63) is 63.9 Å². The molecule has 0 aliphatic heterocycles. The van der Waals surface area contributed by atoms with E-state index in [1.165, 1.54) is 18.2 Å². The van der Waals surface area contributed by atoms with Gasteiger partial charge < -0.3 is 5.11 Å². The van der Waals surface area contributed by atoms with Crippen LogP contribution in [0, 0.1) is 29.0 Å². The Balaban J connectivity index is 2.37. The van der Waals surface area contributed by atoms with Crippen molar-refractivity contribution < 1.29 is 9.50 Å². The van der Waals surface area contributed by atoms with Crippen molar-refractivity contribution in [1.29, 1.82) is 5.26 Å². The number of aromatic hydroxyl groups is 1. The first kappa shape index (κ1) is 13.0. The first-order valence-corrected chi connectivity index (χ1v) is 5.68. The average Bonchev–Trinajstić information content (AvgIpc) is 2.39. The molecule has 0 saturated heterocycles. The van der Waals surface area contributed by atoms with Crippen LogP contribution in [-0.2, 0) is 0 Å². The van der Waals surface area contributed by atoms with Crippen molar-refractivity contribution in [2.24, 2.45) is 0 Å². The van der Waals surface area contributed by atoms with Gasteiger partial charge in [-0.1, -0.05) is 23.4 Å². The molecule has 0 unspecified atom stereocenters. The Hall–Kier alpha value is -2.49. The molecule has 0 heterocycles. The van der Waals surface area contributed by atoms with Crippen molar-refractivity contribution >= 4 is 11.6 Å². The minimum absolute atomic E-state index is 0.153. The van der Waals surface area contributed by atoms with E-state index in [1.807, 2.05) is 6.07 Å². The predicted octanol–water partition coefficient (Wildman–Crippen LogP) is 3.46. The van der Waals surface area contributed by atoms with Crippen molar-refractivity contribution in [2.45, 2.75) is 0 Å². The van der Waals surface area contributed by atoms with E-state index in [1.54, 1.807) is 12.1 Å². The zero-order chi connectivity index (χ0) is 13.8. The molecule has 2 nitrogen and oxygen atoms in total. The number of nitriles is 1. The normalized spacial score (nSPS) is 9.32. The summed E-state index contributed by atoms with van der Waals surface area (Å²) in [6, 6.07) is 10.4. The molecular weight excluding hydrogens is 265 g/mol. The third-order valence-electron chi connectivity index (χ3n) is 2.38. The maximum atomic E-state index is 13.4. The Bertz CT molecular complexity index is 738. The van der Waals surface area contributed by atoms with Crippen LogP contribution >= 0.6 is 11.6 Å². The summed E-state index contributed by atoms with van der Waals surface area (Å²) in [5.74, 6) is 4.61. The van der Waals surface area contributed by atoms with Gasteiger partial charge in [0.25, 0.3) is 0 Å². The standard InChI is InChI=1S/C15H7ClFNO/c16-14-7-10(9-18)1-2-11(14)3-4-12-5-6-13(19)8-15(12)17/h1-2,5-8,19H. The van der Waals surface area contributed by atoms with Gasteiger partial charge in [-0.3, -0.25) is 0 Å². The Morgan fingerprint density at radius 3 is 2.37 bits per heavy atom. The molecule has 2 aromatic rings. The Morgan fingerprint density at radius 2 is 1.74 bits per heavy atom. The predicted molar refractivity (Wildman–Crippen MR) is 70.2 cm³/mol. The molecule has 0 spiro atoms.